The molecule has 24 heavy (non-hydrogen) atoms. The number of esters is 1. The number of hydrogen-bond acceptors (Lipinski definition) is 6. The Kier molecular flexibility index (Phi) is 4.91. The fourth-order valence-electron chi connectivity index (χ4n) is 2.62. The van der Waals surface area contributed by atoms with E-state index >= 15 is 0 Å². The zero-order valence-corrected chi connectivity index (χ0v) is 13.4. The summed E-state index contributed by atoms with van der Waals surface area (Å²) < 4.78 is 9.92. The molecule has 0 atom stereocenters. The summed E-state index contributed by atoms with van der Waals surface area (Å²) in [6.45, 7) is 0. The van der Waals surface area contributed by atoms with Gasteiger partial charge in [0.05, 0.1) is 31.9 Å². The van der Waals surface area contributed by atoms with E-state index in [9.17, 15) is 20.4 Å². The smallest absolute Gasteiger partial charge is 0.337 e. The van der Waals surface area contributed by atoms with Crippen LogP contribution in [0.5, 0.6) is 5.75 Å². The summed E-state index contributed by atoms with van der Waals surface area (Å²) in [6, 6.07) is 11.0. The first-order valence-electron chi connectivity index (χ1n) is 7.17. The lowest BCUT2D eigenvalue weighted by Crippen LogP contribution is -2.27. The van der Waals surface area contributed by atoms with Gasteiger partial charge in [-0.25, -0.2) is 4.79 Å². The molecule has 1 N–H and O–H groups in total. The van der Waals surface area contributed by atoms with Crippen molar-refractivity contribution in [3.63, 3.8) is 0 Å². The summed E-state index contributed by atoms with van der Waals surface area (Å²) in [7, 11) is 2.70. The Hall–Kier alpha value is -3.25. The average molecular weight is 324 g/mol. The molecule has 0 spiro atoms. The van der Waals surface area contributed by atoms with E-state index in [1.807, 2.05) is 12.1 Å². The highest BCUT2D eigenvalue weighted by atomic mass is 16.5. The molecule has 1 aromatic carbocycles. The second kappa shape index (κ2) is 6.89. The van der Waals surface area contributed by atoms with E-state index < -0.39 is 11.4 Å². The highest BCUT2D eigenvalue weighted by molar-refractivity contribution is 5.91. The molecule has 0 heterocycles. The van der Waals surface area contributed by atoms with E-state index in [2.05, 4.69) is 4.74 Å². The molecule has 0 aliphatic heterocycles. The number of carbonyl (C=O) groups is 1. The summed E-state index contributed by atoms with van der Waals surface area (Å²) in [5.41, 5.74) is -0.524. The number of ether oxygens (including phenoxy) is 2. The summed E-state index contributed by atoms with van der Waals surface area (Å²) in [4.78, 5) is 11.9. The molecule has 0 fully saturated rings. The number of nitriles is 2. The fourth-order valence-corrected chi connectivity index (χ4v) is 2.62. The minimum atomic E-state index is -1.43. The second-order valence-corrected chi connectivity index (χ2v) is 5.39. The van der Waals surface area contributed by atoms with Gasteiger partial charge in [-0.05, 0) is 17.7 Å². The fraction of sp³-hybridized carbons (Fsp3) is 0.278. The van der Waals surface area contributed by atoms with Crippen LogP contribution < -0.4 is 4.74 Å². The van der Waals surface area contributed by atoms with E-state index in [0.717, 1.165) is 0 Å². The van der Waals surface area contributed by atoms with Crippen LogP contribution in [0.4, 0.5) is 0 Å². The number of aliphatic hydroxyl groups excluding tert-OH is 1. The van der Waals surface area contributed by atoms with Gasteiger partial charge >= 0.3 is 5.97 Å². The number of methoxy groups -OCH3 is 2. The maximum absolute atomic E-state index is 11.9. The van der Waals surface area contributed by atoms with Gasteiger partial charge in [0.1, 0.15) is 11.5 Å². The van der Waals surface area contributed by atoms with Gasteiger partial charge in [0, 0.05) is 18.4 Å². The topological polar surface area (TPSA) is 103 Å². The van der Waals surface area contributed by atoms with E-state index in [4.69, 9.17) is 4.74 Å². The molecule has 0 saturated heterocycles. The van der Waals surface area contributed by atoms with Crippen molar-refractivity contribution in [2.75, 3.05) is 14.2 Å². The Bertz CT molecular complexity index is 795. The zero-order chi connectivity index (χ0) is 17.7. The van der Waals surface area contributed by atoms with Crippen LogP contribution in [0.2, 0.25) is 0 Å². The van der Waals surface area contributed by atoms with Crippen LogP contribution in [0, 0.1) is 28.1 Å². The molecule has 0 amide bonds. The molecule has 0 aromatic heterocycles. The number of para-hydroxylation sites is 1. The minimum Gasteiger partial charge on any atom is -0.507 e. The highest BCUT2D eigenvalue weighted by Crippen LogP contribution is 2.42. The number of nitrogens with zero attached hydrogens (tertiary/aromatic N) is 2. The van der Waals surface area contributed by atoms with Crippen LogP contribution in [-0.4, -0.2) is 25.3 Å². The van der Waals surface area contributed by atoms with Crippen LogP contribution in [0.25, 0.3) is 6.08 Å². The number of hydrogen-bond donors (Lipinski definition) is 1. The molecule has 1 aliphatic carbocycles. The molecule has 1 aliphatic rings. The van der Waals surface area contributed by atoms with Crippen molar-refractivity contribution in [2.45, 2.75) is 12.8 Å². The maximum atomic E-state index is 11.9. The minimum absolute atomic E-state index is 0.00434. The third-order valence-corrected chi connectivity index (χ3v) is 3.89. The lowest BCUT2D eigenvalue weighted by Gasteiger charge is -2.27. The molecule has 0 bridgehead atoms. The molecule has 122 valence electrons. The summed E-state index contributed by atoms with van der Waals surface area (Å²) >= 11 is 0. The number of rotatable bonds is 3. The second-order valence-electron chi connectivity index (χ2n) is 5.39. The normalized spacial score (nSPS) is 17.8. The Labute approximate surface area is 139 Å². The molecule has 1 aromatic rings. The Morgan fingerprint density at radius 3 is 2.50 bits per heavy atom. The van der Waals surface area contributed by atoms with Crippen molar-refractivity contribution in [2.24, 2.45) is 5.41 Å². The van der Waals surface area contributed by atoms with Crippen molar-refractivity contribution in [1.29, 1.82) is 10.5 Å². The summed E-state index contributed by atoms with van der Waals surface area (Å²) in [5, 5.41) is 29.2. The highest BCUT2D eigenvalue weighted by Gasteiger charge is 2.41. The lowest BCUT2D eigenvalue weighted by atomic mass is 9.73. The van der Waals surface area contributed by atoms with Crippen molar-refractivity contribution in [1.82, 2.24) is 0 Å². The molecule has 0 unspecified atom stereocenters. The van der Waals surface area contributed by atoms with E-state index in [0.29, 0.717) is 16.9 Å². The van der Waals surface area contributed by atoms with Gasteiger partial charge in [-0.15, -0.1) is 0 Å². The summed E-state index contributed by atoms with van der Waals surface area (Å²) in [6.07, 6.45) is 1.44. The molecule has 0 saturated carbocycles. The van der Waals surface area contributed by atoms with Gasteiger partial charge in [-0.3, -0.25) is 0 Å². The van der Waals surface area contributed by atoms with Crippen LogP contribution in [0.15, 0.2) is 41.2 Å². The predicted octanol–water partition coefficient (Wildman–Crippen LogP) is 2.89. The van der Waals surface area contributed by atoms with Crippen molar-refractivity contribution in [3.05, 3.63) is 46.7 Å². The Morgan fingerprint density at radius 1 is 1.25 bits per heavy atom. The van der Waals surface area contributed by atoms with Gasteiger partial charge < -0.3 is 14.6 Å². The maximum Gasteiger partial charge on any atom is 0.337 e. The quantitative estimate of drug-likeness (QED) is 0.857. The SMILES string of the molecule is COC(=O)C1=C(O)/C(=C/c2ccccc2OC)CC(C#N)(C#N)C1. The number of allylic oxidation sites excluding steroid dienone is 1. The van der Waals surface area contributed by atoms with Gasteiger partial charge in [0.15, 0.2) is 5.41 Å². The Balaban J connectivity index is 2.62. The first kappa shape index (κ1) is 17.1. The van der Waals surface area contributed by atoms with E-state index in [1.165, 1.54) is 14.2 Å². The Morgan fingerprint density at radius 2 is 1.92 bits per heavy atom. The zero-order valence-electron chi connectivity index (χ0n) is 13.4. The third kappa shape index (κ3) is 3.09. The van der Waals surface area contributed by atoms with Crippen molar-refractivity contribution < 1.29 is 19.4 Å². The summed E-state index contributed by atoms with van der Waals surface area (Å²) in [5.74, 6) is -0.440. The average Bonchev–Trinajstić information content (AvgIpc) is 2.63. The lowest BCUT2D eigenvalue weighted by molar-refractivity contribution is -0.136. The number of carbonyl (C=O) groups excluding carboxylic acids is 1. The van der Waals surface area contributed by atoms with Crippen molar-refractivity contribution >= 4 is 12.0 Å². The molecule has 6 heteroatoms. The monoisotopic (exact) mass is 324 g/mol. The van der Waals surface area contributed by atoms with Gasteiger partial charge in [-0.1, -0.05) is 18.2 Å². The van der Waals surface area contributed by atoms with E-state index in [1.54, 1.807) is 30.3 Å². The van der Waals surface area contributed by atoms with Crippen LogP contribution in [0.1, 0.15) is 18.4 Å². The first-order chi connectivity index (χ1) is 11.5. The standard InChI is InChI=1S/C18H16N2O4/c1-23-15-6-4-3-5-12(15)7-13-8-18(10-19,11-20)9-14(16(13)21)17(22)24-2/h3-7,21H,8-9H2,1-2H3/b13-7+. The van der Waals surface area contributed by atoms with E-state index in [-0.39, 0.29) is 24.2 Å². The van der Waals surface area contributed by atoms with Crippen LogP contribution >= 0.6 is 0 Å². The number of aliphatic hydroxyl groups is 1. The molecular formula is C18H16N2O4. The predicted molar refractivity (Wildman–Crippen MR) is 85.5 cm³/mol. The third-order valence-electron chi connectivity index (χ3n) is 3.89. The molecular weight excluding hydrogens is 308 g/mol. The first-order valence-corrected chi connectivity index (χ1v) is 7.17. The largest absolute Gasteiger partial charge is 0.507 e. The molecule has 6 nitrogen and oxygen atoms in total. The van der Waals surface area contributed by atoms with Crippen LogP contribution in [-0.2, 0) is 9.53 Å². The molecule has 0 radical (unpaired) electrons. The van der Waals surface area contributed by atoms with Gasteiger partial charge in [0.25, 0.3) is 0 Å². The molecule has 2 rings (SSSR count). The van der Waals surface area contributed by atoms with Gasteiger partial charge in [-0.2, -0.15) is 10.5 Å². The van der Waals surface area contributed by atoms with Crippen LogP contribution in [0.3, 0.4) is 0 Å². The number of benzene rings is 1. The van der Waals surface area contributed by atoms with Crippen molar-refractivity contribution in [3.8, 4) is 17.9 Å². The van der Waals surface area contributed by atoms with Gasteiger partial charge in [0.2, 0.25) is 0 Å².